The monoisotopic (exact) mass is 376 g/mol. The van der Waals surface area contributed by atoms with Gasteiger partial charge in [-0.2, -0.15) is 0 Å². The Bertz CT molecular complexity index is 810. The average molecular weight is 377 g/mol. The first-order chi connectivity index (χ1) is 9.70. The highest BCUT2D eigenvalue weighted by molar-refractivity contribution is 9.10. The second-order valence-electron chi connectivity index (χ2n) is 4.36. The fourth-order valence-corrected chi connectivity index (χ4v) is 3.57. The van der Waals surface area contributed by atoms with Crippen LogP contribution in [0, 0.1) is 18.6 Å². The first-order valence-corrected chi connectivity index (χ1v) is 8.02. The predicted octanol–water partition coefficient (Wildman–Crippen LogP) is 3.42. The summed E-state index contributed by atoms with van der Waals surface area (Å²) in [5.41, 5.74) is 5.40. The van der Waals surface area contributed by atoms with Gasteiger partial charge in [0.2, 0.25) is 0 Å². The molecule has 0 aliphatic heterocycles. The lowest BCUT2D eigenvalue weighted by molar-refractivity contribution is 0.591. The van der Waals surface area contributed by atoms with Crippen LogP contribution in [0.2, 0.25) is 0 Å². The Morgan fingerprint density at radius 2 is 1.86 bits per heavy atom. The Balaban J connectivity index is 2.51. The number of nitrogens with two attached hydrogens (primary N) is 1. The summed E-state index contributed by atoms with van der Waals surface area (Å²) in [6.45, 7) is 1.32. The number of benzene rings is 2. The molecule has 0 saturated carbocycles. The van der Waals surface area contributed by atoms with Crippen LogP contribution < -0.4 is 10.5 Å². The van der Waals surface area contributed by atoms with Crippen molar-refractivity contribution in [3.63, 3.8) is 0 Å². The van der Waals surface area contributed by atoms with Gasteiger partial charge in [0.15, 0.2) is 0 Å². The maximum absolute atomic E-state index is 13.6. The number of hydrogen-bond acceptors (Lipinski definition) is 3. The Morgan fingerprint density at radius 3 is 2.52 bits per heavy atom. The number of sulfonamides is 1. The van der Waals surface area contributed by atoms with Crippen LogP contribution in [0.5, 0.6) is 0 Å². The molecular formula is C13H11BrF2N2O2S. The molecule has 0 fully saturated rings. The van der Waals surface area contributed by atoms with Gasteiger partial charge in [-0.1, -0.05) is 0 Å². The third kappa shape index (κ3) is 3.33. The Morgan fingerprint density at radius 1 is 1.19 bits per heavy atom. The normalized spacial score (nSPS) is 11.4. The molecule has 0 aliphatic carbocycles. The van der Waals surface area contributed by atoms with E-state index in [1.54, 1.807) is 0 Å². The molecule has 0 radical (unpaired) electrons. The highest BCUT2D eigenvalue weighted by Crippen LogP contribution is 2.28. The van der Waals surface area contributed by atoms with Crippen molar-refractivity contribution in [2.75, 3.05) is 10.5 Å². The molecule has 0 unspecified atom stereocenters. The van der Waals surface area contributed by atoms with E-state index in [9.17, 15) is 17.2 Å². The number of hydrogen-bond donors (Lipinski definition) is 2. The van der Waals surface area contributed by atoms with Gasteiger partial charge in [-0.05, 0) is 53.2 Å². The first-order valence-electron chi connectivity index (χ1n) is 5.74. The molecule has 0 aromatic heterocycles. The third-order valence-corrected chi connectivity index (χ3v) is 4.96. The quantitative estimate of drug-likeness (QED) is 0.806. The molecular weight excluding hydrogens is 366 g/mol. The van der Waals surface area contributed by atoms with Crippen LogP contribution in [-0.4, -0.2) is 8.42 Å². The molecule has 4 nitrogen and oxygen atoms in total. The van der Waals surface area contributed by atoms with Crippen LogP contribution in [0.15, 0.2) is 39.7 Å². The van der Waals surface area contributed by atoms with Crippen molar-refractivity contribution in [1.29, 1.82) is 0 Å². The highest BCUT2D eigenvalue weighted by atomic mass is 79.9. The summed E-state index contributed by atoms with van der Waals surface area (Å²) in [5.74, 6) is -1.33. The maximum atomic E-state index is 13.6. The van der Waals surface area contributed by atoms with E-state index in [4.69, 9.17) is 5.73 Å². The first kappa shape index (κ1) is 15.7. The molecule has 8 heteroatoms. The molecule has 0 amide bonds. The molecule has 0 bridgehead atoms. The van der Waals surface area contributed by atoms with Crippen molar-refractivity contribution in [3.05, 3.63) is 52.0 Å². The molecule has 2 aromatic rings. The van der Waals surface area contributed by atoms with Crippen LogP contribution in [0.4, 0.5) is 20.2 Å². The Labute approximate surface area is 129 Å². The van der Waals surface area contributed by atoms with Gasteiger partial charge >= 0.3 is 0 Å². The van der Waals surface area contributed by atoms with Crippen molar-refractivity contribution in [1.82, 2.24) is 0 Å². The maximum Gasteiger partial charge on any atom is 0.262 e. The van der Waals surface area contributed by atoms with Gasteiger partial charge in [-0.15, -0.1) is 0 Å². The average Bonchev–Trinajstić information content (AvgIpc) is 2.37. The van der Waals surface area contributed by atoms with Gasteiger partial charge in [0, 0.05) is 15.7 Å². The van der Waals surface area contributed by atoms with Crippen molar-refractivity contribution in [2.45, 2.75) is 11.8 Å². The molecule has 3 N–H and O–H groups in total. The van der Waals surface area contributed by atoms with Gasteiger partial charge in [-0.25, -0.2) is 17.2 Å². The van der Waals surface area contributed by atoms with Crippen LogP contribution >= 0.6 is 15.9 Å². The van der Waals surface area contributed by atoms with Crippen LogP contribution in [0.25, 0.3) is 0 Å². The van der Waals surface area contributed by atoms with E-state index in [0.717, 1.165) is 18.2 Å². The third-order valence-electron chi connectivity index (χ3n) is 2.78. The summed E-state index contributed by atoms with van der Waals surface area (Å²) >= 11 is 3.11. The highest BCUT2D eigenvalue weighted by Gasteiger charge is 2.21. The van der Waals surface area contributed by atoms with Gasteiger partial charge in [0.1, 0.15) is 11.6 Å². The topological polar surface area (TPSA) is 72.2 Å². The smallest absolute Gasteiger partial charge is 0.262 e. The van der Waals surface area contributed by atoms with E-state index in [-0.39, 0.29) is 21.8 Å². The largest absolute Gasteiger partial charge is 0.399 e. The minimum atomic E-state index is -4.09. The molecule has 0 aliphatic rings. The molecule has 21 heavy (non-hydrogen) atoms. The van der Waals surface area contributed by atoms with Crippen LogP contribution in [0.1, 0.15) is 5.56 Å². The van der Waals surface area contributed by atoms with Gasteiger partial charge in [0.05, 0.1) is 10.6 Å². The Hall–Kier alpha value is -1.67. The van der Waals surface area contributed by atoms with E-state index in [0.29, 0.717) is 4.47 Å². The van der Waals surface area contributed by atoms with Crippen molar-refractivity contribution >= 4 is 37.3 Å². The van der Waals surface area contributed by atoms with E-state index in [1.807, 2.05) is 0 Å². The number of halogens is 3. The summed E-state index contributed by atoms with van der Waals surface area (Å²) in [5, 5.41) is 0. The fourth-order valence-electron chi connectivity index (χ4n) is 1.73. The van der Waals surface area contributed by atoms with E-state index in [1.165, 1.54) is 19.1 Å². The van der Waals surface area contributed by atoms with Crippen molar-refractivity contribution in [2.24, 2.45) is 0 Å². The minimum absolute atomic E-state index is 0.0113. The zero-order chi connectivity index (χ0) is 15.8. The van der Waals surface area contributed by atoms with Crippen LogP contribution in [0.3, 0.4) is 0 Å². The number of nitrogen functional groups attached to an aromatic ring is 1. The Kier molecular flexibility index (Phi) is 4.20. The van der Waals surface area contributed by atoms with Crippen molar-refractivity contribution < 1.29 is 17.2 Å². The number of nitrogens with one attached hydrogen (secondary N) is 1. The predicted molar refractivity (Wildman–Crippen MR) is 80.5 cm³/mol. The van der Waals surface area contributed by atoms with E-state index in [2.05, 4.69) is 20.7 Å². The van der Waals surface area contributed by atoms with E-state index >= 15 is 0 Å². The standard InChI is InChI=1S/C13H11BrF2N2O2S/c1-7-11(16)5-9(17)6-13(7)21(19,20)18-12-4-8(15)2-3-10(12)14/h2-6,18H,17H2,1H3. The number of anilines is 2. The number of rotatable bonds is 3. The summed E-state index contributed by atoms with van der Waals surface area (Å²) in [6, 6.07) is 5.73. The fraction of sp³-hybridized carbons (Fsp3) is 0.0769. The second-order valence-corrected chi connectivity index (χ2v) is 6.86. The zero-order valence-electron chi connectivity index (χ0n) is 10.8. The summed E-state index contributed by atoms with van der Waals surface area (Å²) < 4.78 is 54.0. The van der Waals surface area contributed by atoms with Crippen LogP contribution in [-0.2, 0) is 10.0 Å². The molecule has 0 saturated heterocycles. The van der Waals surface area contributed by atoms with Gasteiger partial charge in [0.25, 0.3) is 10.0 Å². The van der Waals surface area contributed by atoms with Gasteiger partial charge in [-0.3, -0.25) is 4.72 Å². The SMILES string of the molecule is Cc1c(F)cc(N)cc1S(=O)(=O)Nc1cc(F)ccc1Br. The molecule has 0 heterocycles. The summed E-state index contributed by atoms with van der Waals surface area (Å²) in [7, 11) is -4.09. The molecule has 0 spiro atoms. The zero-order valence-corrected chi connectivity index (χ0v) is 13.2. The molecule has 0 atom stereocenters. The van der Waals surface area contributed by atoms with Gasteiger partial charge < -0.3 is 5.73 Å². The lowest BCUT2D eigenvalue weighted by Gasteiger charge is -2.13. The lowest BCUT2D eigenvalue weighted by Crippen LogP contribution is -2.16. The van der Waals surface area contributed by atoms with E-state index < -0.39 is 21.7 Å². The summed E-state index contributed by atoms with van der Waals surface area (Å²) in [4.78, 5) is -0.295. The minimum Gasteiger partial charge on any atom is -0.399 e. The second kappa shape index (κ2) is 5.61. The molecule has 2 rings (SSSR count). The van der Waals surface area contributed by atoms with Crippen molar-refractivity contribution in [3.8, 4) is 0 Å². The summed E-state index contributed by atoms with van der Waals surface area (Å²) in [6.07, 6.45) is 0. The lowest BCUT2D eigenvalue weighted by atomic mass is 10.2. The molecule has 112 valence electrons. The molecule has 2 aromatic carbocycles.